The highest BCUT2D eigenvalue weighted by atomic mass is 16.5. The molecular formula is C13H14O3. The zero-order valence-corrected chi connectivity index (χ0v) is 9.40. The fourth-order valence-corrected chi connectivity index (χ4v) is 1.32. The van der Waals surface area contributed by atoms with Gasteiger partial charge in [-0.15, -0.1) is 0 Å². The van der Waals surface area contributed by atoms with E-state index in [2.05, 4.69) is 11.3 Å². The first-order valence-corrected chi connectivity index (χ1v) is 4.94. The van der Waals surface area contributed by atoms with E-state index >= 15 is 0 Å². The van der Waals surface area contributed by atoms with Crippen LogP contribution in [0.2, 0.25) is 0 Å². The summed E-state index contributed by atoms with van der Waals surface area (Å²) in [5.74, 6) is -1.23. The van der Waals surface area contributed by atoms with Crippen molar-refractivity contribution in [2.75, 3.05) is 7.11 Å². The molecule has 16 heavy (non-hydrogen) atoms. The number of hydrogen-bond acceptors (Lipinski definition) is 3. The number of methoxy groups -OCH3 is 1. The lowest BCUT2D eigenvalue weighted by atomic mass is 9.93. The maximum atomic E-state index is 11.9. The summed E-state index contributed by atoms with van der Waals surface area (Å²) in [5, 5.41) is 0. The smallest absolute Gasteiger partial charge is 0.333 e. The van der Waals surface area contributed by atoms with Crippen molar-refractivity contribution in [2.45, 2.75) is 6.92 Å². The Hall–Kier alpha value is -1.90. The van der Waals surface area contributed by atoms with E-state index in [-0.39, 0.29) is 11.4 Å². The van der Waals surface area contributed by atoms with Crippen molar-refractivity contribution < 1.29 is 14.3 Å². The number of hydrogen-bond donors (Lipinski definition) is 0. The molecule has 0 aliphatic carbocycles. The van der Waals surface area contributed by atoms with Gasteiger partial charge in [0.2, 0.25) is 0 Å². The molecule has 84 valence electrons. The number of esters is 1. The third kappa shape index (κ3) is 2.57. The van der Waals surface area contributed by atoms with Gasteiger partial charge in [0.15, 0.2) is 5.78 Å². The van der Waals surface area contributed by atoms with Crippen molar-refractivity contribution in [2.24, 2.45) is 5.92 Å². The standard InChI is InChI=1S/C13H14O3/c1-9(10(2)13(15)16-3)12(14)11-7-5-4-6-8-11/h4-9H,2H2,1,3H3. The van der Waals surface area contributed by atoms with Gasteiger partial charge in [-0.3, -0.25) is 4.79 Å². The Morgan fingerprint density at radius 2 is 1.81 bits per heavy atom. The van der Waals surface area contributed by atoms with Gasteiger partial charge in [0, 0.05) is 11.1 Å². The van der Waals surface area contributed by atoms with Gasteiger partial charge in [-0.25, -0.2) is 4.79 Å². The van der Waals surface area contributed by atoms with E-state index in [1.165, 1.54) is 7.11 Å². The molecule has 0 spiro atoms. The summed E-state index contributed by atoms with van der Waals surface area (Å²) in [7, 11) is 1.27. The molecule has 1 aromatic rings. The minimum absolute atomic E-state index is 0.129. The molecule has 0 aliphatic rings. The van der Waals surface area contributed by atoms with E-state index in [1.807, 2.05) is 6.07 Å². The minimum Gasteiger partial charge on any atom is -0.466 e. The maximum absolute atomic E-state index is 11.9. The van der Waals surface area contributed by atoms with Crippen LogP contribution in [0.15, 0.2) is 42.5 Å². The third-order valence-corrected chi connectivity index (χ3v) is 2.42. The number of benzene rings is 1. The van der Waals surface area contributed by atoms with Crippen molar-refractivity contribution in [3.8, 4) is 0 Å². The molecule has 0 saturated carbocycles. The van der Waals surface area contributed by atoms with Crippen molar-refractivity contribution in [1.82, 2.24) is 0 Å². The number of carbonyl (C=O) groups excluding carboxylic acids is 2. The molecule has 0 heterocycles. The molecule has 0 bridgehead atoms. The molecule has 0 fully saturated rings. The zero-order chi connectivity index (χ0) is 12.1. The highest BCUT2D eigenvalue weighted by Gasteiger charge is 2.22. The second-order valence-electron chi connectivity index (χ2n) is 3.47. The van der Waals surface area contributed by atoms with Crippen molar-refractivity contribution in [3.05, 3.63) is 48.0 Å². The van der Waals surface area contributed by atoms with Crippen LogP contribution < -0.4 is 0 Å². The first kappa shape index (κ1) is 12.2. The van der Waals surface area contributed by atoms with Crippen molar-refractivity contribution in [3.63, 3.8) is 0 Å². The van der Waals surface area contributed by atoms with Gasteiger partial charge < -0.3 is 4.74 Å². The normalized spacial score (nSPS) is 11.6. The van der Waals surface area contributed by atoms with E-state index < -0.39 is 11.9 Å². The van der Waals surface area contributed by atoms with Crippen molar-refractivity contribution in [1.29, 1.82) is 0 Å². The van der Waals surface area contributed by atoms with Gasteiger partial charge in [-0.05, 0) is 0 Å². The van der Waals surface area contributed by atoms with Gasteiger partial charge >= 0.3 is 5.97 Å². The minimum atomic E-state index is -0.560. The first-order chi connectivity index (χ1) is 7.57. The van der Waals surface area contributed by atoms with Gasteiger partial charge in [0.05, 0.1) is 13.0 Å². The summed E-state index contributed by atoms with van der Waals surface area (Å²) in [5.41, 5.74) is 0.747. The molecule has 1 aromatic carbocycles. The number of carbonyl (C=O) groups is 2. The molecule has 0 N–H and O–H groups in total. The van der Waals surface area contributed by atoms with Crippen LogP contribution in [0.1, 0.15) is 17.3 Å². The monoisotopic (exact) mass is 218 g/mol. The van der Waals surface area contributed by atoms with E-state index in [4.69, 9.17) is 0 Å². The largest absolute Gasteiger partial charge is 0.466 e. The van der Waals surface area contributed by atoms with Gasteiger partial charge in [-0.2, -0.15) is 0 Å². The lowest BCUT2D eigenvalue weighted by Gasteiger charge is -2.11. The molecule has 0 aromatic heterocycles. The van der Waals surface area contributed by atoms with Crippen LogP contribution in [0.25, 0.3) is 0 Å². The number of rotatable bonds is 4. The summed E-state index contributed by atoms with van der Waals surface area (Å²) in [4.78, 5) is 23.2. The van der Waals surface area contributed by atoms with Crippen LogP contribution in [0, 0.1) is 5.92 Å². The van der Waals surface area contributed by atoms with Crippen molar-refractivity contribution >= 4 is 11.8 Å². The molecule has 0 saturated heterocycles. The first-order valence-electron chi connectivity index (χ1n) is 4.94. The van der Waals surface area contributed by atoms with E-state index in [0.29, 0.717) is 5.56 Å². The second kappa shape index (κ2) is 5.26. The highest BCUT2D eigenvalue weighted by molar-refractivity contribution is 6.04. The van der Waals surface area contributed by atoms with Crippen LogP contribution in [-0.2, 0) is 9.53 Å². The maximum Gasteiger partial charge on any atom is 0.333 e. The fourth-order valence-electron chi connectivity index (χ4n) is 1.32. The third-order valence-electron chi connectivity index (χ3n) is 2.42. The Labute approximate surface area is 94.7 Å². The van der Waals surface area contributed by atoms with Crippen LogP contribution >= 0.6 is 0 Å². The summed E-state index contributed by atoms with van der Waals surface area (Å²) in [6.07, 6.45) is 0. The number of ketones is 1. The van der Waals surface area contributed by atoms with E-state index in [9.17, 15) is 9.59 Å². The summed E-state index contributed by atoms with van der Waals surface area (Å²) in [6.45, 7) is 5.22. The lowest BCUT2D eigenvalue weighted by molar-refractivity contribution is -0.136. The van der Waals surface area contributed by atoms with Crippen LogP contribution in [-0.4, -0.2) is 18.9 Å². The molecule has 0 radical (unpaired) electrons. The van der Waals surface area contributed by atoms with Gasteiger partial charge in [-0.1, -0.05) is 43.8 Å². The van der Waals surface area contributed by atoms with Crippen LogP contribution in [0.5, 0.6) is 0 Å². The molecule has 3 heteroatoms. The van der Waals surface area contributed by atoms with Crippen LogP contribution in [0.3, 0.4) is 0 Å². The van der Waals surface area contributed by atoms with Gasteiger partial charge in [0.25, 0.3) is 0 Å². The second-order valence-corrected chi connectivity index (χ2v) is 3.47. The SMILES string of the molecule is C=C(C(=O)OC)C(C)C(=O)c1ccccc1. The quantitative estimate of drug-likeness (QED) is 0.442. The number of ether oxygens (including phenoxy) is 1. The molecule has 0 aliphatic heterocycles. The predicted molar refractivity (Wildman–Crippen MR) is 61.1 cm³/mol. The summed E-state index contributed by atoms with van der Waals surface area (Å²) < 4.78 is 4.53. The molecular weight excluding hydrogens is 204 g/mol. The highest BCUT2D eigenvalue weighted by Crippen LogP contribution is 2.16. The van der Waals surface area contributed by atoms with Crippen LogP contribution in [0.4, 0.5) is 0 Å². The molecule has 1 unspecified atom stereocenters. The topological polar surface area (TPSA) is 43.4 Å². The molecule has 1 rings (SSSR count). The Balaban J connectivity index is 2.83. The molecule has 1 atom stereocenters. The Kier molecular flexibility index (Phi) is 4.00. The Morgan fingerprint density at radius 1 is 1.25 bits per heavy atom. The number of Topliss-reactive ketones (excluding diaryl/α,β-unsaturated/α-hetero) is 1. The van der Waals surface area contributed by atoms with Gasteiger partial charge in [0.1, 0.15) is 0 Å². The summed E-state index contributed by atoms with van der Waals surface area (Å²) >= 11 is 0. The average Bonchev–Trinajstić information content (AvgIpc) is 2.36. The lowest BCUT2D eigenvalue weighted by Crippen LogP contribution is -2.19. The molecule has 0 amide bonds. The zero-order valence-electron chi connectivity index (χ0n) is 9.40. The Bertz CT molecular complexity index is 406. The molecule has 3 nitrogen and oxygen atoms in total. The summed E-state index contributed by atoms with van der Waals surface area (Å²) in [6, 6.07) is 8.81. The predicted octanol–water partition coefficient (Wildman–Crippen LogP) is 2.23. The van der Waals surface area contributed by atoms with E-state index in [1.54, 1.807) is 31.2 Å². The average molecular weight is 218 g/mol. The van der Waals surface area contributed by atoms with E-state index in [0.717, 1.165) is 0 Å². The fraction of sp³-hybridized carbons (Fsp3) is 0.231. The Morgan fingerprint density at radius 3 is 2.31 bits per heavy atom.